The molecule has 2 rings (SSSR count). The summed E-state index contributed by atoms with van der Waals surface area (Å²) in [6.07, 6.45) is 6.45. The third-order valence-corrected chi connectivity index (χ3v) is 3.74. The van der Waals surface area contributed by atoms with E-state index in [2.05, 4.69) is 24.1 Å². The summed E-state index contributed by atoms with van der Waals surface area (Å²) in [5, 5.41) is 3.44. The zero-order chi connectivity index (χ0) is 13.9. The van der Waals surface area contributed by atoms with E-state index >= 15 is 0 Å². The SMILES string of the molecule is COC(=O)c1ccnc(NC2CCCC(C)(C)C2)c1. The first-order valence-corrected chi connectivity index (χ1v) is 6.81. The van der Waals surface area contributed by atoms with Gasteiger partial charge in [0, 0.05) is 12.2 Å². The second-order valence-electron chi connectivity index (χ2n) is 6.02. The van der Waals surface area contributed by atoms with E-state index in [0.29, 0.717) is 17.0 Å². The Bertz CT molecular complexity index is 457. The maximum absolute atomic E-state index is 11.5. The summed E-state index contributed by atoms with van der Waals surface area (Å²) in [4.78, 5) is 15.8. The molecule has 4 nitrogen and oxygen atoms in total. The van der Waals surface area contributed by atoms with Crippen LogP contribution >= 0.6 is 0 Å². The third-order valence-electron chi connectivity index (χ3n) is 3.74. The van der Waals surface area contributed by atoms with Crippen LogP contribution in [0.15, 0.2) is 18.3 Å². The van der Waals surface area contributed by atoms with Crippen molar-refractivity contribution < 1.29 is 9.53 Å². The number of aromatic nitrogens is 1. The van der Waals surface area contributed by atoms with Gasteiger partial charge in [-0.1, -0.05) is 20.3 Å². The number of methoxy groups -OCH3 is 1. The molecule has 0 aromatic carbocycles. The van der Waals surface area contributed by atoms with Crippen LogP contribution in [0.2, 0.25) is 0 Å². The monoisotopic (exact) mass is 262 g/mol. The molecule has 0 bridgehead atoms. The van der Waals surface area contributed by atoms with Gasteiger partial charge in [-0.3, -0.25) is 0 Å². The number of esters is 1. The fraction of sp³-hybridized carbons (Fsp3) is 0.600. The molecule has 104 valence electrons. The predicted molar refractivity (Wildman–Crippen MR) is 75.2 cm³/mol. The highest BCUT2D eigenvalue weighted by molar-refractivity contribution is 5.89. The van der Waals surface area contributed by atoms with Gasteiger partial charge >= 0.3 is 5.97 Å². The number of rotatable bonds is 3. The molecule has 1 aliphatic rings. The quantitative estimate of drug-likeness (QED) is 0.850. The molecule has 0 saturated heterocycles. The Balaban J connectivity index is 2.05. The Hall–Kier alpha value is -1.58. The van der Waals surface area contributed by atoms with Crippen molar-refractivity contribution in [3.63, 3.8) is 0 Å². The highest BCUT2D eigenvalue weighted by atomic mass is 16.5. The second kappa shape index (κ2) is 5.59. The Morgan fingerprint density at radius 1 is 1.53 bits per heavy atom. The molecule has 1 N–H and O–H groups in total. The number of nitrogens with one attached hydrogen (secondary N) is 1. The number of anilines is 1. The van der Waals surface area contributed by atoms with Crippen LogP contribution in [0.5, 0.6) is 0 Å². The van der Waals surface area contributed by atoms with E-state index in [1.807, 2.05) is 0 Å². The van der Waals surface area contributed by atoms with Gasteiger partial charge in [0.05, 0.1) is 12.7 Å². The summed E-state index contributed by atoms with van der Waals surface area (Å²) < 4.78 is 4.72. The van der Waals surface area contributed by atoms with E-state index in [9.17, 15) is 4.79 Å². The first-order chi connectivity index (χ1) is 9.00. The first-order valence-electron chi connectivity index (χ1n) is 6.81. The zero-order valence-electron chi connectivity index (χ0n) is 11.9. The van der Waals surface area contributed by atoms with Crippen molar-refractivity contribution in [3.05, 3.63) is 23.9 Å². The summed E-state index contributed by atoms with van der Waals surface area (Å²) in [7, 11) is 1.39. The number of carbonyl (C=O) groups is 1. The average molecular weight is 262 g/mol. The number of pyridine rings is 1. The molecule has 0 radical (unpaired) electrons. The van der Waals surface area contributed by atoms with Crippen LogP contribution in [0.3, 0.4) is 0 Å². The van der Waals surface area contributed by atoms with Gasteiger partial charge < -0.3 is 10.1 Å². The molecule has 1 atom stereocenters. The van der Waals surface area contributed by atoms with Crippen molar-refractivity contribution in [2.75, 3.05) is 12.4 Å². The summed E-state index contributed by atoms with van der Waals surface area (Å²) in [5.74, 6) is 0.431. The largest absolute Gasteiger partial charge is 0.465 e. The molecule has 1 aromatic heterocycles. The molecule has 1 aromatic rings. The topological polar surface area (TPSA) is 51.2 Å². The fourth-order valence-corrected chi connectivity index (χ4v) is 2.78. The fourth-order valence-electron chi connectivity index (χ4n) is 2.78. The molecule has 0 aliphatic heterocycles. The minimum atomic E-state index is -0.325. The number of carbonyl (C=O) groups excluding carboxylic acids is 1. The standard InChI is InChI=1S/C15H22N2O2/c1-15(2)7-4-5-12(10-15)17-13-9-11(6-8-16-13)14(18)19-3/h6,8-9,12H,4-5,7,10H2,1-3H3,(H,16,17). The van der Waals surface area contributed by atoms with Crippen LogP contribution in [0, 0.1) is 5.41 Å². The number of nitrogens with zero attached hydrogens (tertiary/aromatic N) is 1. The lowest BCUT2D eigenvalue weighted by molar-refractivity contribution is 0.0600. The number of hydrogen-bond donors (Lipinski definition) is 1. The normalized spacial score (nSPS) is 21.7. The molecule has 1 heterocycles. The first kappa shape index (κ1) is 13.8. The van der Waals surface area contributed by atoms with Crippen LogP contribution in [-0.4, -0.2) is 24.1 Å². The molecule has 1 fully saturated rings. The Morgan fingerprint density at radius 2 is 2.32 bits per heavy atom. The van der Waals surface area contributed by atoms with Crippen LogP contribution in [0.25, 0.3) is 0 Å². The molecule has 1 aliphatic carbocycles. The molecule has 1 saturated carbocycles. The third kappa shape index (κ3) is 3.69. The van der Waals surface area contributed by atoms with Gasteiger partial charge in [-0.05, 0) is 36.8 Å². The van der Waals surface area contributed by atoms with Crippen LogP contribution in [-0.2, 0) is 4.74 Å². The Kier molecular flexibility index (Phi) is 4.08. The Morgan fingerprint density at radius 3 is 3.00 bits per heavy atom. The molecular formula is C15H22N2O2. The van der Waals surface area contributed by atoms with Gasteiger partial charge in [0.1, 0.15) is 5.82 Å². The van der Waals surface area contributed by atoms with Gasteiger partial charge in [0.25, 0.3) is 0 Å². The van der Waals surface area contributed by atoms with Crippen LogP contribution < -0.4 is 5.32 Å². The lowest BCUT2D eigenvalue weighted by atomic mass is 9.75. The van der Waals surface area contributed by atoms with E-state index in [1.165, 1.54) is 20.0 Å². The zero-order valence-corrected chi connectivity index (χ0v) is 11.9. The van der Waals surface area contributed by atoms with Crippen molar-refractivity contribution in [1.29, 1.82) is 0 Å². The number of hydrogen-bond acceptors (Lipinski definition) is 4. The van der Waals surface area contributed by atoms with E-state index in [-0.39, 0.29) is 5.97 Å². The highest BCUT2D eigenvalue weighted by Gasteiger charge is 2.28. The van der Waals surface area contributed by atoms with Gasteiger partial charge in [-0.2, -0.15) is 0 Å². The van der Waals surface area contributed by atoms with Gasteiger partial charge in [0.15, 0.2) is 0 Å². The molecule has 4 heteroatoms. The lowest BCUT2D eigenvalue weighted by Gasteiger charge is -2.35. The van der Waals surface area contributed by atoms with Crippen molar-refractivity contribution in [1.82, 2.24) is 4.98 Å². The average Bonchev–Trinajstić information content (AvgIpc) is 2.37. The van der Waals surface area contributed by atoms with E-state index in [4.69, 9.17) is 4.74 Å². The molecular weight excluding hydrogens is 240 g/mol. The van der Waals surface area contributed by atoms with Gasteiger partial charge in [-0.25, -0.2) is 9.78 Å². The summed E-state index contributed by atoms with van der Waals surface area (Å²) in [6, 6.07) is 3.86. The van der Waals surface area contributed by atoms with E-state index < -0.39 is 0 Å². The second-order valence-corrected chi connectivity index (χ2v) is 6.02. The van der Waals surface area contributed by atoms with Gasteiger partial charge in [-0.15, -0.1) is 0 Å². The van der Waals surface area contributed by atoms with Crippen molar-refractivity contribution in [2.24, 2.45) is 5.41 Å². The summed E-state index contributed by atoms with van der Waals surface area (Å²) in [6.45, 7) is 4.61. The molecule has 1 unspecified atom stereocenters. The van der Waals surface area contributed by atoms with Crippen LogP contribution in [0.1, 0.15) is 49.9 Å². The van der Waals surface area contributed by atoms with Crippen molar-refractivity contribution in [2.45, 2.75) is 45.6 Å². The van der Waals surface area contributed by atoms with Crippen molar-refractivity contribution >= 4 is 11.8 Å². The highest BCUT2D eigenvalue weighted by Crippen LogP contribution is 2.36. The summed E-state index contributed by atoms with van der Waals surface area (Å²) >= 11 is 0. The minimum Gasteiger partial charge on any atom is -0.465 e. The maximum Gasteiger partial charge on any atom is 0.338 e. The van der Waals surface area contributed by atoms with E-state index in [0.717, 1.165) is 18.7 Å². The maximum atomic E-state index is 11.5. The Labute approximate surface area is 114 Å². The minimum absolute atomic E-state index is 0.325. The predicted octanol–water partition coefficient (Wildman–Crippen LogP) is 3.25. The van der Waals surface area contributed by atoms with Gasteiger partial charge in [0.2, 0.25) is 0 Å². The smallest absolute Gasteiger partial charge is 0.338 e. The molecule has 0 spiro atoms. The molecule has 19 heavy (non-hydrogen) atoms. The number of ether oxygens (including phenoxy) is 1. The van der Waals surface area contributed by atoms with E-state index in [1.54, 1.807) is 18.3 Å². The molecule has 0 amide bonds. The van der Waals surface area contributed by atoms with Crippen LogP contribution in [0.4, 0.5) is 5.82 Å². The van der Waals surface area contributed by atoms with Crippen molar-refractivity contribution in [3.8, 4) is 0 Å². The summed E-state index contributed by atoms with van der Waals surface area (Å²) in [5.41, 5.74) is 0.922. The lowest BCUT2D eigenvalue weighted by Crippen LogP contribution is -2.32.